The van der Waals surface area contributed by atoms with Crippen molar-refractivity contribution in [3.63, 3.8) is 0 Å². The molecule has 5 heteroatoms. The molecule has 5 nitrogen and oxygen atoms in total. The third-order valence-corrected chi connectivity index (χ3v) is 2.87. The number of nitrogens with one attached hydrogen (secondary N) is 1. The van der Waals surface area contributed by atoms with E-state index in [0.29, 0.717) is 18.8 Å². The lowest BCUT2D eigenvalue weighted by molar-refractivity contribution is 0.0945. The third-order valence-electron chi connectivity index (χ3n) is 2.87. The van der Waals surface area contributed by atoms with Crippen molar-refractivity contribution in [3.8, 4) is 11.8 Å². The summed E-state index contributed by atoms with van der Waals surface area (Å²) in [5.41, 5.74) is 8.26. The Morgan fingerprint density at radius 2 is 2.19 bits per heavy atom. The predicted molar refractivity (Wildman–Crippen MR) is 80.3 cm³/mol. The van der Waals surface area contributed by atoms with Crippen molar-refractivity contribution in [1.29, 1.82) is 0 Å². The zero-order valence-corrected chi connectivity index (χ0v) is 11.8. The minimum atomic E-state index is -0.238. The molecule has 0 radical (unpaired) electrons. The number of aryl methyl sites for hydroxylation is 1. The zero-order chi connectivity index (χ0) is 15.1. The third kappa shape index (κ3) is 4.13. The van der Waals surface area contributed by atoms with Gasteiger partial charge in [-0.3, -0.25) is 9.78 Å². The van der Waals surface area contributed by atoms with Crippen molar-refractivity contribution in [1.82, 2.24) is 15.3 Å². The van der Waals surface area contributed by atoms with E-state index in [1.54, 1.807) is 24.5 Å². The van der Waals surface area contributed by atoms with E-state index in [0.717, 1.165) is 16.8 Å². The topological polar surface area (TPSA) is 80.9 Å². The van der Waals surface area contributed by atoms with Crippen molar-refractivity contribution >= 4 is 5.91 Å². The maximum atomic E-state index is 12.0. The fourth-order valence-corrected chi connectivity index (χ4v) is 1.71. The molecule has 2 aromatic heterocycles. The van der Waals surface area contributed by atoms with Gasteiger partial charge in [-0.2, -0.15) is 0 Å². The first-order chi connectivity index (χ1) is 10.2. The molecule has 0 saturated carbocycles. The monoisotopic (exact) mass is 280 g/mol. The maximum absolute atomic E-state index is 12.0. The van der Waals surface area contributed by atoms with Crippen LogP contribution < -0.4 is 11.1 Å². The summed E-state index contributed by atoms with van der Waals surface area (Å²) in [6, 6.07) is 7.21. The largest absolute Gasteiger partial charge is 0.345 e. The van der Waals surface area contributed by atoms with Crippen LogP contribution in [-0.4, -0.2) is 22.4 Å². The van der Waals surface area contributed by atoms with Gasteiger partial charge in [-0.1, -0.05) is 17.9 Å². The summed E-state index contributed by atoms with van der Waals surface area (Å²) < 4.78 is 0. The number of amides is 1. The molecule has 0 aliphatic carbocycles. The first-order valence-corrected chi connectivity index (χ1v) is 6.54. The minimum Gasteiger partial charge on any atom is -0.345 e. The SMILES string of the molecule is Cc1cccnc1CNC(=O)c1ccc(C#CCN)cn1. The first-order valence-electron chi connectivity index (χ1n) is 6.54. The van der Waals surface area contributed by atoms with Gasteiger partial charge in [0.25, 0.3) is 5.91 Å². The van der Waals surface area contributed by atoms with Gasteiger partial charge in [-0.05, 0) is 30.7 Å². The summed E-state index contributed by atoms with van der Waals surface area (Å²) in [6.45, 7) is 2.63. The van der Waals surface area contributed by atoms with E-state index >= 15 is 0 Å². The molecule has 0 aromatic carbocycles. The van der Waals surface area contributed by atoms with Gasteiger partial charge in [0, 0.05) is 18.0 Å². The standard InChI is InChI=1S/C16H16N4O/c1-12-4-3-9-18-15(12)11-20-16(21)14-7-6-13(10-19-14)5-2-8-17/h3-4,6-7,9-10H,8,11,17H2,1H3,(H,20,21). The second kappa shape index (κ2) is 7.17. The quantitative estimate of drug-likeness (QED) is 0.823. The number of pyridine rings is 2. The van der Waals surface area contributed by atoms with E-state index < -0.39 is 0 Å². The molecule has 2 aromatic rings. The second-order valence-corrected chi connectivity index (χ2v) is 4.39. The number of aromatic nitrogens is 2. The van der Waals surface area contributed by atoms with Gasteiger partial charge >= 0.3 is 0 Å². The number of carbonyl (C=O) groups excluding carboxylic acids is 1. The van der Waals surface area contributed by atoms with Gasteiger partial charge in [0.1, 0.15) is 5.69 Å². The minimum absolute atomic E-state index is 0.238. The number of hydrogen-bond acceptors (Lipinski definition) is 4. The Bertz CT molecular complexity index is 683. The first kappa shape index (κ1) is 14.7. The van der Waals surface area contributed by atoms with Gasteiger partial charge in [0.2, 0.25) is 0 Å². The number of rotatable bonds is 3. The fourth-order valence-electron chi connectivity index (χ4n) is 1.71. The highest BCUT2D eigenvalue weighted by molar-refractivity contribution is 5.92. The van der Waals surface area contributed by atoms with Crippen LogP contribution in [0.3, 0.4) is 0 Å². The number of hydrogen-bond donors (Lipinski definition) is 2. The average Bonchev–Trinajstić information content (AvgIpc) is 2.52. The molecule has 1 amide bonds. The molecule has 0 fully saturated rings. The van der Waals surface area contributed by atoms with Crippen LogP contribution in [0.5, 0.6) is 0 Å². The molecule has 0 atom stereocenters. The lowest BCUT2D eigenvalue weighted by Gasteiger charge is -2.06. The molecule has 0 aliphatic heterocycles. The molecule has 0 spiro atoms. The summed E-state index contributed by atoms with van der Waals surface area (Å²) >= 11 is 0. The van der Waals surface area contributed by atoms with Crippen molar-refractivity contribution in [3.05, 3.63) is 59.2 Å². The summed E-state index contributed by atoms with van der Waals surface area (Å²) in [6.07, 6.45) is 3.27. The predicted octanol–water partition coefficient (Wildman–Crippen LogP) is 1.03. The Balaban J connectivity index is 1.99. The van der Waals surface area contributed by atoms with Crippen molar-refractivity contribution < 1.29 is 4.79 Å². The zero-order valence-electron chi connectivity index (χ0n) is 11.8. The van der Waals surface area contributed by atoms with E-state index in [2.05, 4.69) is 27.1 Å². The molecule has 2 rings (SSSR count). The van der Waals surface area contributed by atoms with Crippen molar-refractivity contribution in [2.75, 3.05) is 6.54 Å². The van der Waals surface area contributed by atoms with Gasteiger partial charge in [0.05, 0.1) is 18.8 Å². The molecule has 0 bridgehead atoms. The van der Waals surface area contributed by atoms with Gasteiger partial charge in [-0.25, -0.2) is 4.98 Å². The van der Waals surface area contributed by atoms with Gasteiger partial charge in [0.15, 0.2) is 0 Å². The smallest absolute Gasteiger partial charge is 0.270 e. The van der Waals surface area contributed by atoms with Crippen LogP contribution in [-0.2, 0) is 6.54 Å². The Morgan fingerprint density at radius 3 is 2.86 bits per heavy atom. The molecule has 0 saturated heterocycles. The lowest BCUT2D eigenvalue weighted by Crippen LogP contribution is -2.24. The van der Waals surface area contributed by atoms with Crippen LogP contribution in [0.2, 0.25) is 0 Å². The number of carbonyl (C=O) groups is 1. The molecular formula is C16H16N4O. The van der Waals surface area contributed by atoms with Crippen molar-refractivity contribution in [2.24, 2.45) is 5.73 Å². The Labute approximate surface area is 123 Å². The highest BCUT2D eigenvalue weighted by atomic mass is 16.1. The highest BCUT2D eigenvalue weighted by Crippen LogP contribution is 2.03. The van der Waals surface area contributed by atoms with Gasteiger partial charge < -0.3 is 11.1 Å². The Morgan fingerprint density at radius 1 is 1.33 bits per heavy atom. The summed E-state index contributed by atoms with van der Waals surface area (Å²) in [7, 11) is 0. The van der Waals surface area contributed by atoms with E-state index in [1.807, 2.05) is 19.1 Å². The number of nitrogens with zero attached hydrogens (tertiary/aromatic N) is 2. The molecular weight excluding hydrogens is 264 g/mol. The van der Waals surface area contributed by atoms with Crippen LogP contribution in [0.25, 0.3) is 0 Å². The lowest BCUT2D eigenvalue weighted by atomic mass is 10.2. The highest BCUT2D eigenvalue weighted by Gasteiger charge is 2.07. The van der Waals surface area contributed by atoms with Crippen LogP contribution in [0.1, 0.15) is 27.3 Å². The molecule has 0 unspecified atom stereocenters. The maximum Gasteiger partial charge on any atom is 0.270 e. The molecule has 0 aliphatic rings. The van der Waals surface area contributed by atoms with E-state index in [-0.39, 0.29) is 5.91 Å². The van der Waals surface area contributed by atoms with Crippen LogP contribution >= 0.6 is 0 Å². The fraction of sp³-hybridized carbons (Fsp3) is 0.188. The average molecular weight is 280 g/mol. The van der Waals surface area contributed by atoms with E-state index in [1.165, 1.54) is 0 Å². The van der Waals surface area contributed by atoms with Crippen LogP contribution in [0.15, 0.2) is 36.7 Å². The van der Waals surface area contributed by atoms with Crippen molar-refractivity contribution in [2.45, 2.75) is 13.5 Å². The Kier molecular flexibility index (Phi) is 5.02. The van der Waals surface area contributed by atoms with Gasteiger partial charge in [-0.15, -0.1) is 0 Å². The summed E-state index contributed by atoms with van der Waals surface area (Å²) in [5, 5.41) is 2.80. The van der Waals surface area contributed by atoms with E-state index in [9.17, 15) is 4.79 Å². The molecule has 3 N–H and O–H groups in total. The normalized spacial score (nSPS) is 9.62. The van der Waals surface area contributed by atoms with Crippen LogP contribution in [0.4, 0.5) is 0 Å². The second-order valence-electron chi connectivity index (χ2n) is 4.39. The van der Waals surface area contributed by atoms with E-state index in [4.69, 9.17) is 5.73 Å². The Hall–Kier alpha value is -2.71. The van der Waals surface area contributed by atoms with Crippen LogP contribution in [0, 0.1) is 18.8 Å². The summed E-state index contributed by atoms with van der Waals surface area (Å²) in [4.78, 5) is 20.3. The molecule has 2 heterocycles. The molecule has 21 heavy (non-hydrogen) atoms. The summed E-state index contributed by atoms with van der Waals surface area (Å²) in [5.74, 6) is 5.35. The number of nitrogens with two attached hydrogens (primary N) is 1. The molecule has 106 valence electrons.